The fraction of sp³-hybridized carbons (Fsp3) is 0.400. The lowest BCUT2D eigenvalue weighted by molar-refractivity contribution is -0.390. The first kappa shape index (κ1) is 15.6. The number of nitrogens with zero attached hydrogens (tertiary/aromatic N) is 1. The van der Waals surface area contributed by atoms with Gasteiger partial charge in [0.05, 0.1) is 4.92 Å². The normalized spacial score (nSPS) is 17.5. The van der Waals surface area contributed by atoms with Crippen molar-refractivity contribution in [3.05, 3.63) is 34.1 Å². The van der Waals surface area contributed by atoms with Crippen LogP contribution in [0.3, 0.4) is 0 Å². The molecule has 1 saturated carbocycles. The molecule has 0 radical (unpaired) electrons. The zero-order chi connectivity index (χ0) is 16.1. The molecule has 6 nitrogen and oxygen atoms in total. The first-order valence-corrected chi connectivity index (χ1v) is 7.02. The van der Waals surface area contributed by atoms with Crippen molar-refractivity contribution in [3.63, 3.8) is 0 Å². The second kappa shape index (κ2) is 4.63. The van der Waals surface area contributed by atoms with Crippen molar-refractivity contribution in [2.75, 3.05) is 0 Å². The Morgan fingerprint density at radius 2 is 1.86 bits per heavy atom. The smallest absolute Gasteiger partial charge is 0.258 e. The molecule has 0 atom stereocenters. The third-order valence-corrected chi connectivity index (χ3v) is 4.61. The van der Waals surface area contributed by atoms with E-state index in [0.29, 0.717) is 12.1 Å². The van der Waals surface area contributed by atoms with Gasteiger partial charge in [0.1, 0.15) is 5.54 Å². The third-order valence-electron chi connectivity index (χ3n) is 3.04. The van der Waals surface area contributed by atoms with Crippen molar-refractivity contribution in [2.24, 2.45) is 0 Å². The molecule has 0 aliphatic heterocycles. The Morgan fingerprint density at radius 1 is 1.29 bits per heavy atom. The minimum Gasteiger partial charge on any atom is -0.258 e. The van der Waals surface area contributed by atoms with Crippen molar-refractivity contribution in [1.29, 1.82) is 0 Å². The second-order valence-electron chi connectivity index (χ2n) is 4.53. The van der Waals surface area contributed by atoms with Gasteiger partial charge in [-0.3, -0.25) is 10.1 Å². The Labute approximate surface area is 116 Å². The zero-order valence-electron chi connectivity index (χ0n) is 10.1. The van der Waals surface area contributed by atoms with Gasteiger partial charge in [0.15, 0.2) is 4.90 Å². The van der Waals surface area contributed by atoms with Crippen LogP contribution in [0, 0.1) is 15.9 Å². The molecule has 11 heteroatoms. The van der Waals surface area contributed by atoms with Crippen LogP contribution in [0.1, 0.15) is 12.8 Å². The molecule has 1 aliphatic rings. The average Bonchev–Trinajstić information content (AvgIpc) is 3.07. The Hall–Kier alpha value is -1.75. The van der Waals surface area contributed by atoms with Gasteiger partial charge in [0.2, 0.25) is 15.8 Å². The summed E-state index contributed by atoms with van der Waals surface area (Å²) in [7, 11) is -4.89. The Balaban J connectivity index is 2.47. The van der Waals surface area contributed by atoms with E-state index in [-0.39, 0.29) is 0 Å². The van der Waals surface area contributed by atoms with E-state index in [1.54, 1.807) is 0 Å². The number of hydrogen-bond acceptors (Lipinski definition) is 4. The maximum absolute atomic E-state index is 13.4. The summed E-state index contributed by atoms with van der Waals surface area (Å²) >= 11 is 0. The van der Waals surface area contributed by atoms with E-state index in [1.807, 2.05) is 0 Å². The van der Waals surface area contributed by atoms with Crippen molar-refractivity contribution >= 4 is 15.7 Å². The summed E-state index contributed by atoms with van der Waals surface area (Å²) in [6.45, 7) is 0. The monoisotopic (exact) mass is 328 g/mol. The molecule has 1 N–H and O–H groups in total. The van der Waals surface area contributed by atoms with E-state index in [1.165, 1.54) is 4.72 Å². The van der Waals surface area contributed by atoms with Gasteiger partial charge in [-0.05, 0) is 25.0 Å². The zero-order valence-corrected chi connectivity index (χ0v) is 11.0. The van der Waals surface area contributed by atoms with E-state index < -0.39 is 55.9 Å². The van der Waals surface area contributed by atoms with Gasteiger partial charge in [0.25, 0.3) is 0 Å². The lowest BCUT2D eigenvalue weighted by atomic mass is 10.3. The average molecular weight is 328 g/mol. The largest absolute Gasteiger partial charge is 0.407 e. The minimum absolute atomic E-state index is 0.473. The number of halogens is 4. The van der Waals surface area contributed by atoms with Crippen LogP contribution in [-0.2, 0) is 10.0 Å². The third kappa shape index (κ3) is 2.70. The molecule has 0 unspecified atom stereocenters. The minimum atomic E-state index is -4.89. The maximum atomic E-state index is 13.4. The van der Waals surface area contributed by atoms with Crippen LogP contribution in [-0.4, -0.2) is 25.1 Å². The summed E-state index contributed by atoms with van der Waals surface area (Å²) in [5.41, 5.74) is -4.02. The molecule has 1 fully saturated rings. The van der Waals surface area contributed by atoms with Gasteiger partial charge < -0.3 is 0 Å². The van der Waals surface area contributed by atoms with Crippen LogP contribution < -0.4 is 4.72 Å². The molecular weight excluding hydrogens is 320 g/mol. The highest BCUT2D eigenvalue weighted by atomic mass is 32.2. The highest BCUT2D eigenvalue weighted by Gasteiger charge is 2.65. The molecule has 1 aromatic carbocycles. The Kier molecular flexibility index (Phi) is 3.45. The van der Waals surface area contributed by atoms with Crippen molar-refractivity contribution in [1.82, 2.24) is 4.72 Å². The second-order valence-corrected chi connectivity index (χ2v) is 6.18. The summed E-state index contributed by atoms with van der Waals surface area (Å²) in [6.07, 6.45) is -5.78. The summed E-state index contributed by atoms with van der Waals surface area (Å²) < 4.78 is 76.9. The number of para-hydroxylation sites is 1. The van der Waals surface area contributed by atoms with Crippen LogP contribution >= 0.6 is 0 Å². The Morgan fingerprint density at radius 3 is 2.29 bits per heavy atom. The molecule has 0 bridgehead atoms. The van der Waals surface area contributed by atoms with Crippen molar-refractivity contribution in [3.8, 4) is 0 Å². The number of nitrogens with one attached hydrogen (secondary N) is 1. The van der Waals surface area contributed by atoms with Gasteiger partial charge in [-0.15, -0.1) is 0 Å². The van der Waals surface area contributed by atoms with Crippen LogP contribution in [0.2, 0.25) is 0 Å². The molecule has 0 heterocycles. The molecular formula is C10H8F4N2O4S. The summed E-state index contributed by atoms with van der Waals surface area (Å²) in [5, 5.41) is 10.7. The number of benzene rings is 1. The number of rotatable bonds is 4. The molecule has 0 aromatic heterocycles. The summed E-state index contributed by atoms with van der Waals surface area (Å²) in [4.78, 5) is 8.29. The molecule has 0 saturated heterocycles. The predicted molar refractivity (Wildman–Crippen MR) is 61.4 cm³/mol. The lowest BCUT2D eigenvalue weighted by Gasteiger charge is -2.20. The quantitative estimate of drug-likeness (QED) is 0.521. The summed E-state index contributed by atoms with van der Waals surface area (Å²) in [5.74, 6) is -1.44. The standard InChI is InChI=1S/C10H8F4N2O4S/c11-6-2-1-3-7(8(6)16(17)18)21(19,20)15-9(4-5-9)10(12,13)14/h1-3,15H,4-5H2. The highest BCUT2D eigenvalue weighted by Crippen LogP contribution is 2.50. The van der Waals surface area contributed by atoms with Crippen LogP contribution in [0.5, 0.6) is 0 Å². The van der Waals surface area contributed by atoms with Gasteiger partial charge >= 0.3 is 11.9 Å². The van der Waals surface area contributed by atoms with E-state index in [4.69, 9.17) is 0 Å². The number of hydrogen-bond donors (Lipinski definition) is 1. The number of nitro groups is 1. The fourth-order valence-electron chi connectivity index (χ4n) is 1.77. The van der Waals surface area contributed by atoms with Crippen molar-refractivity contribution in [2.45, 2.75) is 29.5 Å². The van der Waals surface area contributed by atoms with Gasteiger partial charge in [0, 0.05) is 0 Å². The lowest BCUT2D eigenvalue weighted by Crippen LogP contribution is -2.47. The van der Waals surface area contributed by atoms with E-state index in [9.17, 15) is 36.1 Å². The summed E-state index contributed by atoms with van der Waals surface area (Å²) in [6, 6.07) is 2.19. The van der Waals surface area contributed by atoms with E-state index in [0.717, 1.165) is 6.07 Å². The molecule has 0 amide bonds. The fourth-order valence-corrected chi connectivity index (χ4v) is 3.40. The van der Waals surface area contributed by atoms with Gasteiger partial charge in [-0.25, -0.2) is 8.42 Å². The first-order valence-electron chi connectivity index (χ1n) is 5.54. The molecule has 2 rings (SSSR count). The van der Waals surface area contributed by atoms with E-state index >= 15 is 0 Å². The van der Waals surface area contributed by atoms with Crippen molar-refractivity contribution < 1.29 is 30.9 Å². The highest BCUT2D eigenvalue weighted by molar-refractivity contribution is 7.89. The molecule has 21 heavy (non-hydrogen) atoms. The first-order chi connectivity index (χ1) is 9.50. The van der Waals surface area contributed by atoms with Gasteiger partial charge in [-0.1, -0.05) is 6.07 Å². The van der Waals surface area contributed by atoms with Crippen LogP contribution in [0.4, 0.5) is 23.2 Å². The number of sulfonamides is 1. The van der Waals surface area contributed by atoms with Gasteiger partial charge in [-0.2, -0.15) is 22.3 Å². The topological polar surface area (TPSA) is 89.3 Å². The number of nitro benzene ring substituents is 1. The molecule has 1 aliphatic carbocycles. The maximum Gasteiger partial charge on any atom is 0.407 e. The Bertz CT molecular complexity index is 697. The molecule has 116 valence electrons. The molecule has 0 spiro atoms. The predicted octanol–water partition coefficient (Wildman–Crippen LogP) is 2.11. The van der Waals surface area contributed by atoms with Crippen LogP contribution in [0.15, 0.2) is 23.1 Å². The SMILES string of the molecule is O=[N+]([O-])c1c(F)cccc1S(=O)(=O)NC1(C(F)(F)F)CC1. The van der Waals surface area contributed by atoms with E-state index in [2.05, 4.69) is 0 Å². The molecule has 1 aromatic rings. The number of alkyl halides is 3. The van der Waals surface area contributed by atoms with Crippen LogP contribution in [0.25, 0.3) is 0 Å².